The number of hydrogen-bond acceptors (Lipinski definition) is 5. The van der Waals surface area contributed by atoms with Crippen LogP contribution in [0.1, 0.15) is 23.6 Å². The quantitative estimate of drug-likeness (QED) is 0.313. The van der Waals surface area contributed by atoms with Gasteiger partial charge in [0.05, 0.1) is 12.7 Å². The van der Waals surface area contributed by atoms with Crippen molar-refractivity contribution in [2.45, 2.75) is 32.5 Å². The van der Waals surface area contributed by atoms with Gasteiger partial charge in [0.2, 0.25) is 6.79 Å². The van der Waals surface area contributed by atoms with Crippen LogP contribution in [0.5, 0.6) is 11.5 Å². The lowest BCUT2D eigenvalue weighted by Gasteiger charge is -2.31. The van der Waals surface area contributed by atoms with Gasteiger partial charge in [-0.25, -0.2) is 0 Å². The fourth-order valence-corrected chi connectivity index (χ4v) is 3.96. The second kappa shape index (κ2) is 12.3. The highest BCUT2D eigenvalue weighted by atomic mass is 127. The summed E-state index contributed by atoms with van der Waals surface area (Å²) in [6, 6.07) is 14.8. The van der Waals surface area contributed by atoms with Gasteiger partial charge < -0.3 is 24.8 Å². The summed E-state index contributed by atoms with van der Waals surface area (Å²) in [6.07, 6.45) is 1.19. The van der Waals surface area contributed by atoms with Crippen molar-refractivity contribution in [1.82, 2.24) is 15.5 Å². The molecule has 2 aromatic rings. The molecule has 8 heteroatoms. The first-order valence-electron chi connectivity index (χ1n) is 10.9. The number of fused-ring (bicyclic) bond motifs is 1. The van der Waals surface area contributed by atoms with Crippen LogP contribution in [0, 0.1) is 0 Å². The summed E-state index contributed by atoms with van der Waals surface area (Å²) < 4.78 is 16.5. The van der Waals surface area contributed by atoms with E-state index in [1.807, 2.05) is 12.1 Å². The van der Waals surface area contributed by atoms with Crippen molar-refractivity contribution in [1.29, 1.82) is 0 Å². The number of rotatable bonds is 7. The molecule has 1 atom stereocenters. The van der Waals surface area contributed by atoms with Gasteiger partial charge in [-0.05, 0) is 42.2 Å². The average molecular weight is 552 g/mol. The Bertz CT molecular complexity index is 909. The minimum atomic E-state index is 0. The van der Waals surface area contributed by atoms with E-state index in [1.54, 1.807) is 7.05 Å². The number of ether oxygens (including phenoxy) is 3. The molecule has 0 saturated carbocycles. The Morgan fingerprint density at radius 2 is 1.91 bits per heavy atom. The standard InChI is InChI=1S/C24H32N4O3.HI/c1-18-15-28(10-11-29-18)16-21-5-3-4-20(12-21)14-27-24(25-2)26-9-8-19-6-7-22-23(13-19)31-17-30-22;/h3-7,12-13,18H,8-11,14-17H2,1-2H3,(H2,25,26,27);1H. The van der Waals surface area contributed by atoms with Crippen LogP contribution < -0.4 is 20.1 Å². The van der Waals surface area contributed by atoms with Crippen LogP contribution in [0.15, 0.2) is 47.5 Å². The Kier molecular flexibility index (Phi) is 9.43. The molecule has 174 valence electrons. The van der Waals surface area contributed by atoms with Crippen molar-refractivity contribution in [2.24, 2.45) is 4.99 Å². The summed E-state index contributed by atoms with van der Waals surface area (Å²) in [6.45, 7) is 7.72. The van der Waals surface area contributed by atoms with Crippen molar-refractivity contribution in [3.8, 4) is 11.5 Å². The molecule has 2 N–H and O–H groups in total. The molecule has 2 aliphatic heterocycles. The third kappa shape index (κ3) is 6.98. The van der Waals surface area contributed by atoms with Gasteiger partial charge in [-0.2, -0.15) is 0 Å². The predicted molar refractivity (Wildman–Crippen MR) is 137 cm³/mol. The molecule has 2 heterocycles. The van der Waals surface area contributed by atoms with E-state index in [1.165, 1.54) is 16.7 Å². The molecule has 2 aliphatic rings. The fraction of sp³-hybridized carbons (Fsp3) is 0.458. The van der Waals surface area contributed by atoms with Gasteiger partial charge in [-0.1, -0.05) is 30.3 Å². The summed E-state index contributed by atoms with van der Waals surface area (Å²) >= 11 is 0. The number of nitrogens with zero attached hydrogens (tertiary/aromatic N) is 2. The zero-order valence-electron chi connectivity index (χ0n) is 18.8. The largest absolute Gasteiger partial charge is 0.454 e. The molecule has 4 rings (SSSR count). The molecule has 2 aromatic carbocycles. The molecule has 1 fully saturated rings. The Morgan fingerprint density at radius 3 is 2.75 bits per heavy atom. The second-order valence-corrected chi connectivity index (χ2v) is 8.03. The molecule has 0 aliphatic carbocycles. The normalized spacial score (nSPS) is 18.2. The van der Waals surface area contributed by atoms with Crippen LogP contribution in [-0.2, 0) is 24.2 Å². The fourth-order valence-electron chi connectivity index (χ4n) is 3.96. The summed E-state index contributed by atoms with van der Waals surface area (Å²) in [5.74, 6) is 2.44. The first kappa shape index (κ1) is 24.6. The zero-order valence-corrected chi connectivity index (χ0v) is 21.1. The van der Waals surface area contributed by atoms with Crippen LogP contribution in [0.4, 0.5) is 0 Å². The van der Waals surface area contributed by atoms with Crippen molar-refractivity contribution in [3.63, 3.8) is 0 Å². The second-order valence-electron chi connectivity index (χ2n) is 8.03. The van der Waals surface area contributed by atoms with E-state index in [0.717, 1.165) is 63.2 Å². The van der Waals surface area contributed by atoms with Crippen LogP contribution in [0.3, 0.4) is 0 Å². The number of halogens is 1. The molecule has 0 radical (unpaired) electrons. The number of aliphatic imine (C=N–C) groups is 1. The van der Waals surface area contributed by atoms with Gasteiger partial charge >= 0.3 is 0 Å². The molecule has 0 amide bonds. The smallest absolute Gasteiger partial charge is 0.231 e. The highest BCUT2D eigenvalue weighted by Crippen LogP contribution is 2.32. The molecule has 7 nitrogen and oxygen atoms in total. The number of nitrogens with one attached hydrogen (secondary N) is 2. The van der Waals surface area contributed by atoms with Gasteiger partial charge in [0, 0.05) is 39.8 Å². The van der Waals surface area contributed by atoms with Gasteiger partial charge in [0.25, 0.3) is 0 Å². The summed E-state index contributed by atoms with van der Waals surface area (Å²) in [4.78, 5) is 6.80. The van der Waals surface area contributed by atoms with Gasteiger partial charge in [-0.15, -0.1) is 24.0 Å². The van der Waals surface area contributed by atoms with Crippen LogP contribution in [-0.4, -0.2) is 57.0 Å². The van der Waals surface area contributed by atoms with E-state index in [9.17, 15) is 0 Å². The number of benzene rings is 2. The summed E-state index contributed by atoms with van der Waals surface area (Å²) in [7, 11) is 1.80. The molecular weight excluding hydrogens is 519 g/mol. The Hall–Kier alpha value is -2.04. The lowest BCUT2D eigenvalue weighted by molar-refractivity contribution is -0.0212. The topological polar surface area (TPSA) is 67.4 Å². The summed E-state index contributed by atoms with van der Waals surface area (Å²) in [5.41, 5.74) is 3.79. The molecular formula is C24H33IN4O3. The van der Waals surface area contributed by atoms with Crippen LogP contribution in [0.2, 0.25) is 0 Å². The van der Waals surface area contributed by atoms with E-state index in [2.05, 4.69) is 57.8 Å². The van der Waals surface area contributed by atoms with Crippen molar-refractivity contribution in [2.75, 3.05) is 40.1 Å². The number of guanidine groups is 1. The highest BCUT2D eigenvalue weighted by Gasteiger charge is 2.16. The molecule has 32 heavy (non-hydrogen) atoms. The third-order valence-electron chi connectivity index (χ3n) is 5.55. The third-order valence-corrected chi connectivity index (χ3v) is 5.55. The molecule has 0 bridgehead atoms. The maximum atomic E-state index is 5.64. The van der Waals surface area contributed by atoms with E-state index in [4.69, 9.17) is 14.2 Å². The minimum absolute atomic E-state index is 0. The monoisotopic (exact) mass is 552 g/mol. The van der Waals surface area contributed by atoms with Crippen LogP contribution in [0.25, 0.3) is 0 Å². The number of morpholine rings is 1. The van der Waals surface area contributed by atoms with E-state index >= 15 is 0 Å². The van der Waals surface area contributed by atoms with Gasteiger partial charge in [-0.3, -0.25) is 9.89 Å². The predicted octanol–water partition coefficient (Wildman–Crippen LogP) is 3.16. The van der Waals surface area contributed by atoms with Crippen molar-refractivity contribution >= 4 is 29.9 Å². The molecule has 1 unspecified atom stereocenters. The van der Waals surface area contributed by atoms with Gasteiger partial charge in [0.1, 0.15) is 0 Å². The maximum Gasteiger partial charge on any atom is 0.231 e. The minimum Gasteiger partial charge on any atom is -0.454 e. The first-order chi connectivity index (χ1) is 15.2. The van der Waals surface area contributed by atoms with E-state index < -0.39 is 0 Å². The van der Waals surface area contributed by atoms with Crippen molar-refractivity contribution in [3.05, 3.63) is 59.2 Å². The SMILES string of the molecule is CN=C(NCCc1ccc2c(c1)OCO2)NCc1cccc(CN2CCOC(C)C2)c1.I. The zero-order chi connectivity index (χ0) is 21.5. The van der Waals surface area contributed by atoms with E-state index in [0.29, 0.717) is 12.9 Å². The molecule has 0 spiro atoms. The maximum absolute atomic E-state index is 5.64. The van der Waals surface area contributed by atoms with Crippen LogP contribution >= 0.6 is 24.0 Å². The first-order valence-corrected chi connectivity index (χ1v) is 10.9. The summed E-state index contributed by atoms with van der Waals surface area (Å²) in [5, 5.41) is 6.80. The molecule has 0 aromatic heterocycles. The lowest BCUT2D eigenvalue weighted by atomic mass is 10.1. The van der Waals surface area contributed by atoms with Crippen molar-refractivity contribution < 1.29 is 14.2 Å². The average Bonchev–Trinajstić information content (AvgIpc) is 3.24. The van der Waals surface area contributed by atoms with E-state index in [-0.39, 0.29) is 24.0 Å². The number of hydrogen-bond donors (Lipinski definition) is 2. The Morgan fingerprint density at radius 1 is 1.06 bits per heavy atom. The highest BCUT2D eigenvalue weighted by molar-refractivity contribution is 14.0. The molecule has 1 saturated heterocycles. The Labute approximate surface area is 207 Å². The van der Waals surface area contributed by atoms with Gasteiger partial charge in [0.15, 0.2) is 17.5 Å². The Balaban J connectivity index is 0.00000289. The lowest BCUT2D eigenvalue weighted by Crippen LogP contribution is -2.40.